The molecule has 0 aromatic rings. The van der Waals surface area contributed by atoms with Crippen LogP contribution in [-0.2, 0) is 0 Å². The Kier molecular flexibility index (Phi) is 3.63. The van der Waals surface area contributed by atoms with E-state index >= 15 is 0 Å². The summed E-state index contributed by atoms with van der Waals surface area (Å²) in [6, 6.07) is 0. The minimum absolute atomic E-state index is 0.474. The van der Waals surface area contributed by atoms with E-state index < -0.39 is 0 Å². The van der Waals surface area contributed by atoms with Crippen LogP contribution < -0.4 is 0 Å². The molecule has 0 fully saturated rings. The van der Waals surface area contributed by atoms with Gasteiger partial charge in [-0.25, -0.2) is 4.99 Å². The Morgan fingerprint density at radius 1 is 1.25 bits per heavy atom. The van der Waals surface area contributed by atoms with Gasteiger partial charge in [0.2, 0.25) is 0 Å². The molecule has 0 radical (unpaired) electrons. The summed E-state index contributed by atoms with van der Waals surface area (Å²) in [6.45, 7) is 1.93. The molecule has 0 spiro atoms. The maximum absolute atomic E-state index is 5.85. The lowest BCUT2D eigenvalue weighted by atomic mass is 10.1. The number of hydrogen-bond donors (Lipinski definition) is 0. The highest BCUT2D eigenvalue weighted by atomic mass is 35.5. The van der Waals surface area contributed by atoms with Crippen LogP contribution in [0.25, 0.3) is 0 Å². The van der Waals surface area contributed by atoms with E-state index in [2.05, 4.69) is 4.99 Å². The van der Waals surface area contributed by atoms with Crippen molar-refractivity contribution in [2.45, 2.75) is 19.8 Å². The maximum atomic E-state index is 5.85. The number of aliphatic imine (C=N–C) groups is 1. The van der Waals surface area contributed by atoms with Crippen LogP contribution in [-0.4, -0.2) is 6.21 Å². The molecule has 0 amide bonds. The minimum atomic E-state index is 0.474. The SMILES string of the molecule is C\C1=C(Cl)/N=C\C(Cl)=C(\Cl)CC1. The Bertz CT molecular complexity index is 248. The number of nitrogens with zero attached hydrogens (tertiary/aromatic N) is 1. The lowest BCUT2D eigenvalue weighted by molar-refractivity contribution is 0.949. The number of halogens is 3. The summed E-state index contributed by atoms with van der Waals surface area (Å²) < 4.78 is 0. The van der Waals surface area contributed by atoms with E-state index in [4.69, 9.17) is 34.8 Å². The van der Waals surface area contributed by atoms with E-state index in [-0.39, 0.29) is 0 Å². The topological polar surface area (TPSA) is 12.4 Å². The second kappa shape index (κ2) is 4.31. The van der Waals surface area contributed by atoms with Crippen LogP contribution in [0.1, 0.15) is 19.8 Å². The fourth-order valence-electron chi connectivity index (χ4n) is 0.813. The molecule has 0 saturated carbocycles. The van der Waals surface area contributed by atoms with Gasteiger partial charge in [-0.05, 0) is 25.3 Å². The van der Waals surface area contributed by atoms with Crippen LogP contribution in [0.4, 0.5) is 0 Å². The molecule has 1 heterocycles. The summed E-state index contributed by atoms with van der Waals surface area (Å²) in [5.74, 6) is 0. The lowest BCUT2D eigenvalue weighted by Crippen LogP contribution is -1.90. The van der Waals surface area contributed by atoms with E-state index in [1.54, 1.807) is 0 Å². The molecule has 1 aliphatic rings. The molecule has 0 saturated heterocycles. The van der Waals surface area contributed by atoms with Gasteiger partial charge in [-0.2, -0.15) is 0 Å². The summed E-state index contributed by atoms with van der Waals surface area (Å²) >= 11 is 17.4. The third kappa shape index (κ3) is 2.51. The normalized spacial score (nSPS) is 34.3. The Labute approximate surface area is 86.7 Å². The van der Waals surface area contributed by atoms with Crippen molar-refractivity contribution in [3.63, 3.8) is 0 Å². The van der Waals surface area contributed by atoms with Crippen molar-refractivity contribution in [3.8, 4) is 0 Å². The average Bonchev–Trinajstić information content (AvgIpc) is 2.07. The van der Waals surface area contributed by atoms with Gasteiger partial charge in [0.1, 0.15) is 5.16 Å². The first-order valence-electron chi connectivity index (χ1n) is 3.54. The molecule has 0 N–H and O–H groups in total. The number of hydrogen-bond acceptors (Lipinski definition) is 1. The fraction of sp³-hybridized carbons (Fsp3) is 0.375. The summed E-state index contributed by atoms with van der Waals surface area (Å²) in [4.78, 5) is 3.94. The van der Waals surface area contributed by atoms with Gasteiger partial charge < -0.3 is 0 Å². The van der Waals surface area contributed by atoms with Gasteiger partial charge in [0.25, 0.3) is 0 Å². The van der Waals surface area contributed by atoms with Gasteiger partial charge in [0, 0.05) is 11.2 Å². The standard InChI is InChI=1S/C8H8Cl3N/c1-5-2-3-6(9)7(10)4-12-8(5)11/h4H,2-3H2,1H3/b7-6-,8-5+,12-4-. The van der Waals surface area contributed by atoms with E-state index in [1.165, 1.54) is 6.21 Å². The zero-order valence-corrected chi connectivity index (χ0v) is 8.84. The van der Waals surface area contributed by atoms with Crippen molar-refractivity contribution in [2.75, 3.05) is 0 Å². The van der Waals surface area contributed by atoms with Crippen LogP contribution in [0.15, 0.2) is 25.8 Å². The third-order valence-corrected chi connectivity index (χ3v) is 2.86. The van der Waals surface area contributed by atoms with Gasteiger partial charge >= 0.3 is 0 Å². The largest absolute Gasteiger partial charge is 0.243 e. The van der Waals surface area contributed by atoms with Crippen LogP contribution in [0.3, 0.4) is 0 Å². The van der Waals surface area contributed by atoms with E-state index in [0.717, 1.165) is 18.4 Å². The summed E-state index contributed by atoms with van der Waals surface area (Å²) in [6.07, 6.45) is 3.02. The average molecular weight is 225 g/mol. The zero-order chi connectivity index (χ0) is 9.14. The second-order valence-electron chi connectivity index (χ2n) is 2.58. The first-order valence-corrected chi connectivity index (χ1v) is 4.68. The summed E-state index contributed by atoms with van der Waals surface area (Å²) in [7, 11) is 0. The molecule has 0 aromatic carbocycles. The van der Waals surface area contributed by atoms with Crippen molar-refractivity contribution in [1.29, 1.82) is 0 Å². The zero-order valence-electron chi connectivity index (χ0n) is 6.57. The van der Waals surface area contributed by atoms with Crippen molar-refractivity contribution in [3.05, 3.63) is 20.8 Å². The number of rotatable bonds is 0. The molecule has 0 unspecified atom stereocenters. The quantitative estimate of drug-likeness (QED) is 0.551. The highest BCUT2D eigenvalue weighted by Gasteiger charge is 2.06. The molecule has 0 atom stereocenters. The first kappa shape index (κ1) is 10.1. The van der Waals surface area contributed by atoms with E-state index in [1.807, 2.05) is 6.92 Å². The van der Waals surface area contributed by atoms with E-state index in [0.29, 0.717) is 15.2 Å². The predicted octanol–water partition coefficient (Wildman–Crippen LogP) is 4.01. The molecule has 0 aliphatic carbocycles. The molecule has 1 rings (SSSR count). The fourth-order valence-corrected chi connectivity index (χ4v) is 1.24. The second-order valence-corrected chi connectivity index (χ2v) is 3.80. The molecule has 0 aromatic heterocycles. The lowest BCUT2D eigenvalue weighted by Gasteiger charge is -2.05. The molecular weight excluding hydrogens is 216 g/mol. The van der Waals surface area contributed by atoms with Crippen LogP contribution in [0.5, 0.6) is 0 Å². The van der Waals surface area contributed by atoms with Gasteiger partial charge in [-0.3, -0.25) is 0 Å². The molecule has 0 bridgehead atoms. The van der Waals surface area contributed by atoms with Crippen molar-refractivity contribution in [1.82, 2.24) is 0 Å². The van der Waals surface area contributed by atoms with Gasteiger partial charge in [-0.15, -0.1) is 0 Å². The Hall–Kier alpha value is 0.0200. The van der Waals surface area contributed by atoms with Gasteiger partial charge in [0.15, 0.2) is 0 Å². The molecule has 4 heteroatoms. The molecule has 1 nitrogen and oxygen atoms in total. The Balaban J connectivity index is 2.95. The monoisotopic (exact) mass is 223 g/mol. The van der Waals surface area contributed by atoms with Crippen molar-refractivity contribution < 1.29 is 0 Å². The first-order chi connectivity index (χ1) is 5.61. The summed E-state index contributed by atoms with van der Waals surface area (Å²) in [5, 5.41) is 1.63. The predicted molar refractivity (Wildman–Crippen MR) is 55.0 cm³/mol. The third-order valence-electron chi connectivity index (χ3n) is 1.62. The van der Waals surface area contributed by atoms with Crippen molar-refractivity contribution >= 4 is 41.0 Å². The molecule has 66 valence electrons. The molecular formula is C8H8Cl3N. The smallest absolute Gasteiger partial charge is 0.127 e. The van der Waals surface area contributed by atoms with Gasteiger partial charge in [-0.1, -0.05) is 34.8 Å². The highest BCUT2D eigenvalue weighted by molar-refractivity contribution is 6.46. The van der Waals surface area contributed by atoms with Crippen molar-refractivity contribution in [2.24, 2.45) is 4.99 Å². The maximum Gasteiger partial charge on any atom is 0.127 e. The van der Waals surface area contributed by atoms with Crippen LogP contribution >= 0.6 is 34.8 Å². The van der Waals surface area contributed by atoms with Crippen LogP contribution in [0.2, 0.25) is 0 Å². The summed E-state index contributed by atoms with van der Waals surface area (Å²) in [5.41, 5.74) is 1.04. The highest BCUT2D eigenvalue weighted by Crippen LogP contribution is 2.25. The minimum Gasteiger partial charge on any atom is -0.243 e. The van der Waals surface area contributed by atoms with E-state index in [9.17, 15) is 0 Å². The molecule has 1 aliphatic heterocycles. The Morgan fingerprint density at radius 3 is 2.58 bits per heavy atom. The Morgan fingerprint density at radius 2 is 1.92 bits per heavy atom. The van der Waals surface area contributed by atoms with Crippen LogP contribution in [0, 0.1) is 0 Å². The van der Waals surface area contributed by atoms with Gasteiger partial charge in [0.05, 0.1) is 5.03 Å². The molecule has 12 heavy (non-hydrogen) atoms. The number of allylic oxidation sites excluding steroid dienone is 3.